The van der Waals surface area contributed by atoms with Crippen LogP contribution in [0.3, 0.4) is 0 Å². The predicted molar refractivity (Wildman–Crippen MR) is 76.7 cm³/mol. The zero-order valence-electron chi connectivity index (χ0n) is 14.3. The number of ether oxygens (including phenoxy) is 6. The van der Waals surface area contributed by atoms with Crippen molar-refractivity contribution < 1.29 is 52.4 Å². The van der Waals surface area contributed by atoms with Gasteiger partial charge in [0, 0.05) is 14.0 Å². The summed E-state index contributed by atoms with van der Waals surface area (Å²) in [5, 5.41) is 0. The molecule has 0 fully saturated rings. The molecule has 0 aliphatic rings. The van der Waals surface area contributed by atoms with E-state index in [1.165, 1.54) is 21.0 Å². The van der Waals surface area contributed by atoms with Crippen LogP contribution < -0.4 is 0 Å². The van der Waals surface area contributed by atoms with Crippen LogP contribution in [0.15, 0.2) is 0 Å². The van der Waals surface area contributed by atoms with Gasteiger partial charge in [0.25, 0.3) is 0 Å². The maximum Gasteiger partial charge on any atom is 0.347 e. The van der Waals surface area contributed by atoms with E-state index in [0.717, 1.165) is 6.92 Å². The van der Waals surface area contributed by atoms with Crippen molar-refractivity contribution in [3.05, 3.63) is 0 Å². The molecule has 0 aliphatic carbocycles. The van der Waals surface area contributed by atoms with Crippen molar-refractivity contribution in [3.63, 3.8) is 0 Å². The maximum atomic E-state index is 11.3. The summed E-state index contributed by atoms with van der Waals surface area (Å²) in [6.45, 7) is 1.61. The molecule has 0 N–H and O–H groups in total. The van der Waals surface area contributed by atoms with E-state index in [2.05, 4.69) is 28.4 Å². The third kappa shape index (κ3) is 10.7. The van der Waals surface area contributed by atoms with E-state index in [9.17, 15) is 24.0 Å². The van der Waals surface area contributed by atoms with Crippen LogP contribution in [0.2, 0.25) is 0 Å². The number of hydrogen-bond donors (Lipinski definition) is 0. The van der Waals surface area contributed by atoms with Crippen molar-refractivity contribution in [2.45, 2.75) is 33.0 Å². The Morgan fingerprint density at radius 1 is 0.760 bits per heavy atom. The van der Waals surface area contributed by atoms with E-state index in [-0.39, 0.29) is 0 Å². The summed E-state index contributed by atoms with van der Waals surface area (Å²) in [6.07, 6.45) is -2.01. The first kappa shape index (κ1) is 22.3. The molecule has 0 spiro atoms. The van der Waals surface area contributed by atoms with Gasteiger partial charge in [0.15, 0.2) is 25.4 Å². The molecule has 0 saturated carbocycles. The van der Waals surface area contributed by atoms with Gasteiger partial charge in [-0.3, -0.25) is 4.79 Å². The topological polar surface area (TPSA) is 141 Å². The van der Waals surface area contributed by atoms with Crippen LogP contribution in [0.5, 0.6) is 0 Å². The number of carbonyl (C=O) groups is 5. The van der Waals surface area contributed by atoms with Gasteiger partial charge in [-0.05, 0) is 13.8 Å². The Morgan fingerprint density at radius 2 is 1.20 bits per heavy atom. The summed E-state index contributed by atoms with van der Waals surface area (Å²) in [4.78, 5) is 55.7. The van der Waals surface area contributed by atoms with Crippen LogP contribution >= 0.6 is 0 Å². The van der Waals surface area contributed by atoms with Crippen molar-refractivity contribution in [2.24, 2.45) is 0 Å². The van der Waals surface area contributed by atoms with Gasteiger partial charge in [-0.2, -0.15) is 0 Å². The van der Waals surface area contributed by atoms with Crippen molar-refractivity contribution in [1.82, 2.24) is 0 Å². The minimum absolute atomic E-state index is 0.681. The van der Waals surface area contributed by atoms with Crippen molar-refractivity contribution >= 4 is 29.8 Å². The van der Waals surface area contributed by atoms with Crippen molar-refractivity contribution in [3.8, 4) is 0 Å². The molecular weight excluding hydrogens is 344 g/mol. The summed E-state index contributed by atoms with van der Waals surface area (Å²) in [5.41, 5.74) is 0. The second-order valence-electron chi connectivity index (χ2n) is 4.50. The molecule has 0 amide bonds. The molecule has 0 radical (unpaired) electrons. The third-order valence-electron chi connectivity index (χ3n) is 2.46. The first-order chi connectivity index (χ1) is 11.7. The number of methoxy groups -OCH3 is 1. The Balaban J connectivity index is 3.89. The highest BCUT2D eigenvalue weighted by molar-refractivity contribution is 5.81. The Labute approximate surface area is 143 Å². The standard InChI is InChI=1S/C14H20O11/c1-8(20-4)13(18)21-5-11(16)23-7-24-12(17)6-22-14(19)9(2)25-10(3)15/h8-9H,5-7H2,1-4H3. The van der Waals surface area contributed by atoms with Gasteiger partial charge in [-0.15, -0.1) is 0 Å². The molecule has 11 nitrogen and oxygen atoms in total. The summed E-state index contributed by atoms with van der Waals surface area (Å²) in [7, 11) is 1.30. The van der Waals surface area contributed by atoms with Gasteiger partial charge in [-0.1, -0.05) is 0 Å². The molecule has 25 heavy (non-hydrogen) atoms. The largest absolute Gasteiger partial charge is 0.452 e. The van der Waals surface area contributed by atoms with Crippen LogP contribution in [0.25, 0.3) is 0 Å². The van der Waals surface area contributed by atoms with Gasteiger partial charge in [0.2, 0.25) is 6.79 Å². The normalized spacial score (nSPS) is 12.3. The molecule has 0 aromatic rings. The fourth-order valence-corrected chi connectivity index (χ4v) is 1.13. The number of rotatable bonds is 10. The summed E-state index contributed by atoms with van der Waals surface area (Å²) in [6, 6.07) is 0. The van der Waals surface area contributed by atoms with Crippen LogP contribution in [0, 0.1) is 0 Å². The van der Waals surface area contributed by atoms with E-state index in [1.807, 2.05) is 0 Å². The van der Waals surface area contributed by atoms with Crippen LogP contribution in [-0.2, 0) is 52.4 Å². The lowest BCUT2D eigenvalue weighted by molar-refractivity contribution is -0.180. The zero-order valence-corrected chi connectivity index (χ0v) is 14.3. The van der Waals surface area contributed by atoms with E-state index >= 15 is 0 Å². The zero-order chi connectivity index (χ0) is 19.4. The van der Waals surface area contributed by atoms with Gasteiger partial charge in [-0.25, -0.2) is 19.2 Å². The van der Waals surface area contributed by atoms with E-state index in [4.69, 9.17) is 0 Å². The fraction of sp³-hybridized carbons (Fsp3) is 0.643. The maximum absolute atomic E-state index is 11.3. The summed E-state index contributed by atoms with van der Waals surface area (Å²) < 4.78 is 27.2. The first-order valence-corrected chi connectivity index (χ1v) is 7.01. The molecule has 142 valence electrons. The van der Waals surface area contributed by atoms with Gasteiger partial charge < -0.3 is 28.4 Å². The Hall–Kier alpha value is -2.69. The summed E-state index contributed by atoms with van der Waals surface area (Å²) in [5.74, 6) is -4.33. The number of hydrogen-bond acceptors (Lipinski definition) is 11. The highest BCUT2D eigenvalue weighted by Gasteiger charge is 2.19. The average Bonchev–Trinajstić information content (AvgIpc) is 2.55. The summed E-state index contributed by atoms with van der Waals surface area (Å²) >= 11 is 0. The van der Waals surface area contributed by atoms with E-state index < -0.39 is 62.1 Å². The Kier molecular flexibility index (Phi) is 10.5. The second kappa shape index (κ2) is 11.8. The van der Waals surface area contributed by atoms with Gasteiger partial charge >= 0.3 is 29.8 Å². The van der Waals surface area contributed by atoms with Crippen LogP contribution in [0.1, 0.15) is 20.8 Å². The molecule has 11 heteroatoms. The molecule has 2 atom stereocenters. The number of carbonyl (C=O) groups excluding carboxylic acids is 5. The SMILES string of the molecule is COC(C)C(=O)OCC(=O)OCOC(=O)COC(=O)C(C)OC(C)=O. The molecule has 2 unspecified atom stereocenters. The first-order valence-electron chi connectivity index (χ1n) is 7.01. The van der Waals surface area contributed by atoms with Gasteiger partial charge in [0.1, 0.15) is 0 Å². The van der Waals surface area contributed by atoms with Crippen molar-refractivity contribution in [1.29, 1.82) is 0 Å². The van der Waals surface area contributed by atoms with Crippen LogP contribution in [-0.4, -0.2) is 69.2 Å². The predicted octanol–water partition coefficient (Wildman–Crippen LogP) is -0.897. The lowest BCUT2D eigenvalue weighted by Crippen LogP contribution is -2.28. The minimum atomic E-state index is -1.17. The van der Waals surface area contributed by atoms with Crippen LogP contribution in [0.4, 0.5) is 0 Å². The lowest BCUT2D eigenvalue weighted by atomic mass is 10.4. The van der Waals surface area contributed by atoms with Gasteiger partial charge in [0.05, 0.1) is 0 Å². The molecule has 0 aromatic heterocycles. The monoisotopic (exact) mass is 364 g/mol. The molecule has 0 rings (SSSR count). The molecular formula is C14H20O11. The fourth-order valence-electron chi connectivity index (χ4n) is 1.13. The third-order valence-corrected chi connectivity index (χ3v) is 2.46. The Bertz CT molecular complexity index is 499. The Morgan fingerprint density at radius 3 is 1.60 bits per heavy atom. The molecule has 0 aliphatic heterocycles. The average molecular weight is 364 g/mol. The van der Waals surface area contributed by atoms with E-state index in [1.54, 1.807) is 0 Å². The highest BCUT2D eigenvalue weighted by Crippen LogP contribution is 1.96. The highest BCUT2D eigenvalue weighted by atomic mass is 16.7. The molecule has 0 aromatic carbocycles. The molecule has 0 bridgehead atoms. The second-order valence-corrected chi connectivity index (χ2v) is 4.50. The molecule has 0 heterocycles. The van der Waals surface area contributed by atoms with E-state index in [0.29, 0.717) is 0 Å². The quantitative estimate of drug-likeness (QED) is 0.270. The number of esters is 5. The molecule has 0 saturated heterocycles. The smallest absolute Gasteiger partial charge is 0.347 e. The van der Waals surface area contributed by atoms with Crippen molar-refractivity contribution in [2.75, 3.05) is 27.1 Å². The minimum Gasteiger partial charge on any atom is -0.452 e. The lowest BCUT2D eigenvalue weighted by Gasteiger charge is -2.11.